The smallest absolute Gasteiger partial charge is 0.153 e. The van der Waals surface area contributed by atoms with E-state index in [4.69, 9.17) is 0 Å². The highest BCUT2D eigenvalue weighted by molar-refractivity contribution is 7.92. The van der Waals surface area contributed by atoms with Crippen LogP contribution in [0.5, 0.6) is 0 Å². The molecule has 2 fully saturated rings. The summed E-state index contributed by atoms with van der Waals surface area (Å²) < 4.78 is 23.5. The SMILES string of the molecule is CC1(CO)CC(C2CCCS2(=O)=O)CN1. The lowest BCUT2D eigenvalue weighted by Crippen LogP contribution is -2.39. The predicted molar refractivity (Wildman–Crippen MR) is 58.4 cm³/mol. The van der Waals surface area contributed by atoms with Crippen LogP contribution in [0.4, 0.5) is 0 Å². The van der Waals surface area contributed by atoms with Crippen molar-refractivity contribution in [3.8, 4) is 0 Å². The standard InChI is InChI=1S/C10H19NO3S/c1-10(7-12)5-8(6-11-10)9-3-2-4-15(9,13)14/h8-9,11-12H,2-7H2,1H3. The summed E-state index contributed by atoms with van der Waals surface area (Å²) in [6, 6.07) is 0. The third-order valence-corrected chi connectivity index (χ3v) is 6.16. The van der Waals surface area contributed by atoms with Crippen LogP contribution in [0.2, 0.25) is 0 Å². The molecule has 2 aliphatic heterocycles. The Morgan fingerprint density at radius 3 is 2.73 bits per heavy atom. The topological polar surface area (TPSA) is 66.4 Å². The molecule has 2 rings (SSSR count). The Balaban J connectivity index is 2.08. The van der Waals surface area contributed by atoms with Crippen molar-refractivity contribution in [1.29, 1.82) is 0 Å². The highest BCUT2D eigenvalue weighted by Crippen LogP contribution is 2.34. The number of rotatable bonds is 2. The average molecular weight is 233 g/mol. The molecule has 2 saturated heterocycles. The second-order valence-electron chi connectivity index (χ2n) is 5.11. The van der Waals surface area contributed by atoms with Crippen molar-refractivity contribution in [3.63, 3.8) is 0 Å². The van der Waals surface area contributed by atoms with Crippen molar-refractivity contribution in [2.75, 3.05) is 18.9 Å². The minimum Gasteiger partial charge on any atom is -0.394 e. The van der Waals surface area contributed by atoms with E-state index in [0.29, 0.717) is 5.75 Å². The highest BCUT2D eigenvalue weighted by Gasteiger charge is 2.44. The van der Waals surface area contributed by atoms with Gasteiger partial charge in [-0.1, -0.05) is 0 Å². The summed E-state index contributed by atoms with van der Waals surface area (Å²) in [4.78, 5) is 0. The summed E-state index contributed by atoms with van der Waals surface area (Å²) in [6.45, 7) is 2.76. The number of nitrogens with one attached hydrogen (secondary N) is 1. The normalized spacial score (nSPS) is 44.7. The van der Waals surface area contributed by atoms with E-state index < -0.39 is 9.84 Å². The van der Waals surface area contributed by atoms with Crippen molar-refractivity contribution in [2.24, 2.45) is 5.92 Å². The zero-order valence-electron chi connectivity index (χ0n) is 9.07. The Morgan fingerprint density at radius 1 is 1.53 bits per heavy atom. The van der Waals surface area contributed by atoms with E-state index in [1.807, 2.05) is 6.92 Å². The first kappa shape index (κ1) is 11.4. The van der Waals surface area contributed by atoms with Gasteiger partial charge in [0.05, 0.1) is 17.6 Å². The molecule has 0 aromatic rings. The second kappa shape index (κ2) is 3.71. The van der Waals surface area contributed by atoms with E-state index in [2.05, 4.69) is 5.32 Å². The van der Waals surface area contributed by atoms with Crippen molar-refractivity contribution >= 4 is 9.84 Å². The molecule has 0 aromatic carbocycles. The molecule has 0 saturated carbocycles. The maximum atomic E-state index is 11.8. The van der Waals surface area contributed by atoms with E-state index in [-0.39, 0.29) is 23.3 Å². The molecule has 3 atom stereocenters. The maximum absolute atomic E-state index is 11.8. The molecule has 15 heavy (non-hydrogen) atoms. The van der Waals surface area contributed by atoms with Gasteiger partial charge < -0.3 is 10.4 Å². The molecule has 0 amide bonds. The van der Waals surface area contributed by atoms with Gasteiger partial charge in [-0.3, -0.25) is 0 Å². The Morgan fingerprint density at radius 2 is 2.27 bits per heavy atom. The fraction of sp³-hybridized carbons (Fsp3) is 1.00. The van der Waals surface area contributed by atoms with Gasteiger partial charge in [-0.15, -0.1) is 0 Å². The third-order valence-electron chi connectivity index (χ3n) is 3.76. The average Bonchev–Trinajstić information content (AvgIpc) is 2.70. The number of aliphatic hydroxyl groups excluding tert-OH is 1. The Hall–Kier alpha value is -0.130. The van der Waals surface area contributed by atoms with E-state index >= 15 is 0 Å². The van der Waals surface area contributed by atoms with Gasteiger partial charge in [0, 0.05) is 5.54 Å². The van der Waals surface area contributed by atoms with Crippen LogP contribution in [0, 0.1) is 5.92 Å². The first-order valence-electron chi connectivity index (χ1n) is 5.54. The number of aliphatic hydroxyl groups is 1. The van der Waals surface area contributed by atoms with Gasteiger partial charge in [-0.05, 0) is 38.6 Å². The molecule has 0 aromatic heterocycles. The van der Waals surface area contributed by atoms with Gasteiger partial charge in [-0.2, -0.15) is 0 Å². The van der Waals surface area contributed by atoms with Gasteiger partial charge >= 0.3 is 0 Å². The predicted octanol–water partition coefficient (Wildman–Crippen LogP) is -0.0759. The summed E-state index contributed by atoms with van der Waals surface area (Å²) in [5.41, 5.74) is -0.275. The molecular formula is C10H19NO3S. The van der Waals surface area contributed by atoms with E-state index in [9.17, 15) is 13.5 Å². The van der Waals surface area contributed by atoms with E-state index in [1.165, 1.54) is 0 Å². The molecule has 2 N–H and O–H groups in total. The summed E-state index contributed by atoms with van der Waals surface area (Å²) in [5, 5.41) is 12.3. The molecule has 2 heterocycles. The number of hydrogen-bond acceptors (Lipinski definition) is 4. The molecule has 0 radical (unpaired) electrons. The Bertz CT molecular complexity index is 341. The van der Waals surface area contributed by atoms with Gasteiger partial charge in [0.1, 0.15) is 0 Å². The minimum atomic E-state index is -2.85. The first-order chi connectivity index (χ1) is 6.97. The van der Waals surface area contributed by atoms with Crippen molar-refractivity contribution in [1.82, 2.24) is 5.32 Å². The molecule has 0 bridgehead atoms. The van der Waals surface area contributed by atoms with Crippen LogP contribution in [0.1, 0.15) is 26.2 Å². The van der Waals surface area contributed by atoms with Crippen LogP contribution in [-0.2, 0) is 9.84 Å². The molecular weight excluding hydrogens is 214 g/mol. The van der Waals surface area contributed by atoms with Crippen LogP contribution in [-0.4, -0.2) is 43.2 Å². The Kier molecular flexibility index (Phi) is 2.81. The van der Waals surface area contributed by atoms with E-state index in [1.54, 1.807) is 0 Å². The van der Waals surface area contributed by atoms with Gasteiger partial charge in [0.25, 0.3) is 0 Å². The summed E-state index contributed by atoms with van der Waals surface area (Å²) >= 11 is 0. The molecule has 0 spiro atoms. The number of sulfone groups is 1. The zero-order valence-corrected chi connectivity index (χ0v) is 9.89. The largest absolute Gasteiger partial charge is 0.394 e. The van der Waals surface area contributed by atoms with Crippen LogP contribution < -0.4 is 5.32 Å². The fourth-order valence-electron chi connectivity index (χ4n) is 2.83. The molecule has 0 aliphatic carbocycles. The zero-order chi connectivity index (χ0) is 11.1. The van der Waals surface area contributed by atoms with Gasteiger partial charge in [0.15, 0.2) is 9.84 Å². The molecule has 4 nitrogen and oxygen atoms in total. The summed E-state index contributed by atoms with van der Waals surface area (Å²) in [6.07, 6.45) is 2.38. The quantitative estimate of drug-likeness (QED) is 0.700. The lowest BCUT2D eigenvalue weighted by Gasteiger charge is -2.22. The van der Waals surface area contributed by atoms with Crippen molar-refractivity contribution in [3.05, 3.63) is 0 Å². The Labute approximate surface area is 91.0 Å². The van der Waals surface area contributed by atoms with Gasteiger partial charge in [-0.25, -0.2) is 8.42 Å². The van der Waals surface area contributed by atoms with Crippen molar-refractivity contribution in [2.45, 2.75) is 37.0 Å². The second-order valence-corrected chi connectivity index (χ2v) is 7.45. The van der Waals surface area contributed by atoms with Crippen molar-refractivity contribution < 1.29 is 13.5 Å². The molecule has 2 aliphatic rings. The summed E-state index contributed by atoms with van der Waals surface area (Å²) in [5.74, 6) is 0.541. The van der Waals surface area contributed by atoms with Gasteiger partial charge in [0.2, 0.25) is 0 Å². The minimum absolute atomic E-state index is 0.0796. The van der Waals surface area contributed by atoms with Crippen LogP contribution in [0.15, 0.2) is 0 Å². The third kappa shape index (κ3) is 2.05. The van der Waals surface area contributed by atoms with E-state index in [0.717, 1.165) is 25.8 Å². The first-order valence-corrected chi connectivity index (χ1v) is 7.26. The van der Waals surface area contributed by atoms with Crippen LogP contribution in [0.3, 0.4) is 0 Å². The summed E-state index contributed by atoms with van der Waals surface area (Å²) in [7, 11) is -2.85. The van der Waals surface area contributed by atoms with Crippen LogP contribution in [0.25, 0.3) is 0 Å². The maximum Gasteiger partial charge on any atom is 0.153 e. The van der Waals surface area contributed by atoms with Crippen LogP contribution >= 0.6 is 0 Å². The molecule has 5 heteroatoms. The highest BCUT2D eigenvalue weighted by atomic mass is 32.2. The lowest BCUT2D eigenvalue weighted by atomic mass is 9.92. The molecule has 3 unspecified atom stereocenters. The molecule has 88 valence electrons. The number of hydrogen-bond donors (Lipinski definition) is 2. The fourth-order valence-corrected chi connectivity index (χ4v) is 5.01. The monoisotopic (exact) mass is 233 g/mol. The lowest BCUT2D eigenvalue weighted by molar-refractivity contribution is 0.188.